The molecule has 71 heavy (non-hydrogen) atoms. The Morgan fingerprint density at radius 1 is 0.859 bits per heavy atom. The first-order chi connectivity index (χ1) is 33.6. The van der Waals surface area contributed by atoms with E-state index >= 15 is 0 Å². The number of carbonyl (C=O) groups is 5. The van der Waals surface area contributed by atoms with Crippen LogP contribution in [-0.4, -0.2) is 154 Å². The molecule has 2 saturated heterocycles. The van der Waals surface area contributed by atoms with Gasteiger partial charge in [-0.1, -0.05) is 71.1 Å². The number of amides is 1. The lowest BCUT2D eigenvalue weighted by Gasteiger charge is -2.44. The van der Waals surface area contributed by atoms with E-state index in [0.29, 0.717) is 63.5 Å². The molecule has 1 saturated carbocycles. The number of ether oxygens (including phenoxy) is 6. The summed E-state index contributed by atoms with van der Waals surface area (Å²) in [4.78, 5) is 75.3. The van der Waals surface area contributed by atoms with E-state index in [2.05, 4.69) is 4.90 Å². The van der Waals surface area contributed by atoms with E-state index < -0.39 is 59.5 Å². The van der Waals surface area contributed by atoms with E-state index in [9.17, 15) is 29.1 Å². The monoisotopic (exact) mass is 997 g/mol. The highest BCUT2D eigenvalue weighted by Gasteiger charge is 2.51. The minimum atomic E-state index is -1.43. The van der Waals surface area contributed by atoms with Gasteiger partial charge in [-0.25, -0.2) is 4.79 Å². The maximum absolute atomic E-state index is 14.6. The van der Waals surface area contributed by atoms with Crippen molar-refractivity contribution in [3.8, 4) is 0 Å². The molecule has 2 bridgehead atoms. The number of rotatable bonds is 11. The van der Waals surface area contributed by atoms with Gasteiger partial charge in [-0.3, -0.25) is 19.2 Å². The van der Waals surface area contributed by atoms with Gasteiger partial charge in [0, 0.05) is 59.2 Å². The molecule has 14 heteroatoms. The summed E-state index contributed by atoms with van der Waals surface area (Å²) in [7, 11) is 8.85. The van der Waals surface area contributed by atoms with E-state index in [1.54, 1.807) is 41.1 Å². The minimum absolute atomic E-state index is 0.0227. The molecule has 0 radical (unpaired) electrons. The van der Waals surface area contributed by atoms with Crippen molar-refractivity contribution < 1.29 is 57.5 Å². The SMILES string of the molecule is CO[C@H]1C[C@@H]2CC[C@@H](C)C(C)(O2)C(=O)C(=O)N2CCCC[C@H]2C(=O)O[C@H]([C@H](C)C[C@@H]2CC[C@@H](OCCCN(C)C)[C@H](OC)C2)CC(=O)[C@H](C)/C=C(\C)[C@@H](O)[C@@H](OC)C(=O)[C@H](C)C[C@H](C)/C=C/C=C/C=C/1C. The van der Waals surface area contributed by atoms with Crippen molar-refractivity contribution in [3.05, 3.63) is 47.6 Å². The molecule has 0 aromatic rings. The molecule has 3 fully saturated rings. The van der Waals surface area contributed by atoms with Gasteiger partial charge in [-0.05, 0) is 147 Å². The first-order valence-electron chi connectivity index (χ1n) is 26.7. The van der Waals surface area contributed by atoms with Gasteiger partial charge >= 0.3 is 5.97 Å². The van der Waals surface area contributed by atoms with Crippen molar-refractivity contribution in [2.75, 3.05) is 55.1 Å². The van der Waals surface area contributed by atoms with Gasteiger partial charge in [-0.2, -0.15) is 0 Å². The molecule has 3 heterocycles. The van der Waals surface area contributed by atoms with Crippen LogP contribution in [0.2, 0.25) is 0 Å². The summed E-state index contributed by atoms with van der Waals surface area (Å²) < 4.78 is 36.9. The fourth-order valence-electron chi connectivity index (χ4n) is 11.1. The van der Waals surface area contributed by atoms with Crippen LogP contribution in [-0.2, 0) is 52.4 Å². The summed E-state index contributed by atoms with van der Waals surface area (Å²) in [6, 6.07) is -1.02. The fourth-order valence-corrected chi connectivity index (χ4v) is 11.1. The number of Topliss-reactive ketones (excluding diaryl/α,β-unsaturated/α-hetero) is 3. The molecular weight excluding hydrogens is 905 g/mol. The Labute approximate surface area is 426 Å². The predicted octanol–water partition coefficient (Wildman–Crippen LogP) is 8.23. The average Bonchev–Trinajstić information content (AvgIpc) is 3.34. The molecular formula is C57H92N2O12. The number of aliphatic hydroxyl groups excluding tert-OH is 1. The Hall–Kier alpha value is -3.37. The van der Waals surface area contributed by atoms with Gasteiger partial charge in [0.15, 0.2) is 5.78 Å². The highest BCUT2D eigenvalue weighted by molar-refractivity contribution is 6.39. The van der Waals surface area contributed by atoms with Crippen molar-refractivity contribution in [1.82, 2.24) is 9.80 Å². The molecule has 1 aliphatic carbocycles. The molecule has 15 atom stereocenters. The Morgan fingerprint density at radius 2 is 1.59 bits per heavy atom. The van der Waals surface area contributed by atoms with Crippen molar-refractivity contribution in [2.45, 2.75) is 193 Å². The Morgan fingerprint density at radius 3 is 2.27 bits per heavy atom. The van der Waals surface area contributed by atoms with Crippen LogP contribution < -0.4 is 0 Å². The van der Waals surface area contributed by atoms with E-state index in [0.717, 1.165) is 37.8 Å². The summed E-state index contributed by atoms with van der Waals surface area (Å²) in [5.41, 5.74) is -0.0375. The zero-order chi connectivity index (χ0) is 52.6. The van der Waals surface area contributed by atoms with E-state index in [4.69, 9.17) is 28.4 Å². The predicted molar refractivity (Wildman–Crippen MR) is 275 cm³/mol. The largest absolute Gasteiger partial charge is 0.460 e. The first kappa shape index (κ1) is 60.2. The summed E-state index contributed by atoms with van der Waals surface area (Å²) >= 11 is 0. The van der Waals surface area contributed by atoms with Crippen LogP contribution in [0.1, 0.15) is 139 Å². The molecule has 0 aromatic carbocycles. The number of esters is 1. The smallest absolute Gasteiger partial charge is 0.329 e. The fraction of sp³-hybridized carbons (Fsp3) is 0.772. The number of carbonyl (C=O) groups excluding carboxylic acids is 5. The molecule has 14 nitrogen and oxygen atoms in total. The van der Waals surface area contributed by atoms with Crippen LogP contribution in [0, 0.1) is 35.5 Å². The second-order valence-corrected chi connectivity index (χ2v) is 22.0. The Kier molecular flexibility index (Phi) is 24.5. The van der Waals surface area contributed by atoms with Crippen molar-refractivity contribution >= 4 is 29.2 Å². The number of nitrogens with zero attached hydrogens (tertiary/aromatic N) is 2. The first-order valence-corrected chi connectivity index (χ1v) is 26.7. The number of fused-ring (bicyclic) bond motifs is 3. The number of cyclic esters (lactones) is 1. The number of methoxy groups -OCH3 is 3. The van der Waals surface area contributed by atoms with Crippen LogP contribution in [0.5, 0.6) is 0 Å². The van der Waals surface area contributed by atoms with E-state index in [1.165, 1.54) is 12.0 Å². The number of allylic oxidation sites excluding steroid dienone is 6. The van der Waals surface area contributed by atoms with Gasteiger partial charge in [0.1, 0.15) is 35.7 Å². The van der Waals surface area contributed by atoms with Crippen LogP contribution in [0.15, 0.2) is 47.6 Å². The third-order valence-electron chi connectivity index (χ3n) is 16.0. The third-order valence-corrected chi connectivity index (χ3v) is 16.0. The van der Waals surface area contributed by atoms with Crippen LogP contribution in [0.25, 0.3) is 0 Å². The quantitative estimate of drug-likeness (QED) is 0.0911. The third kappa shape index (κ3) is 17.1. The molecule has 4 rings (SSSR count). The lowest BCUT2D eigenvalue weighted by molar-refractivity contribution is -0.184. The van der Waals surface area contributed by atoms with E-state index in [1.807, 2.05) is 79.1 Å². The number of aliphatic hydroxyl groups is 1. The molecule has 0 spiro atoms. The lowest BCUT2D eigenvalue weighted by atomic mass is 9.78. The zero-order valence-electron chi connectivity index (χ0n) is 45.7. The normalized spacial score (nSPS) is 38.1. The maximum Gasteiger partial charge on any atom is 0.329 e. The summed E-state index contributed by atoms with van der Waals surface area (Å²) in [6.07, 6.45) is 15.3. The topological polar surface area (TPSA) is 167 Å². The molecule has 1 amide bonds. The molecule has 4 aliphatic rings. The molecule has 1 N–H and O–H groups in total. The van der Waals surface area contributed by atoms with Gasteiger partial charge in [0.2, 0.25) is 0 Å². The van der Waals surface area contributed by atoms with Crippen molar-refractivity contribution in [3.63, 3.8) is 0 Å². The summed E-state index contributed by atoms with van der Waals surface area (Å²) in [5, 5.41) is 11.5. The highest BCUT2D eigenvalue weighted by atomic mass is 16.6. The van der Waals surface area contributed by atoms with Crippen molar-refractivity contribution in [2.24, 2.45) is 35.5 Å². The molecule has 1 unspecified atom stereocenters. The Balaban J connectivity index is 1.67. The second kappa shape index (κ2) is 28.9. The number of piperidine rings is 1. The van der Waals surface area contributed by atoms with Gasteiger partial charge in [0.25, 0.3) is 11.7 Å². The molecule has 402 valence electrons. The van der Waals surface area contributed by atoms with Gasteiger partial charge < -0.3 is 43.3 Å². The number of ketones is 3. The number of hydrogen-bond donors (Lipinski definition) is 1. The average molecular weight is 997 g/mol. The zero-order valence-corrected chi connectivity index (χ0v) is 45.7. The highest BCUT2D eigenvalue weighted by Crippen LogP contribution is 2.39. The number of hydrogen-bond acceptors (Lipinski definition) is 13. The standard InChI is InChI=1S/C57H92N2O12/c1-36-20-15-14-16-21-37(2)48(66-11)34-44-25-23-42(7)57(8,71-44)54(63)55(64)59-28-18-17-22-45(59)56(65)70-49(35-46(60)38(3)31-41(6)52(62)53(68-13)51(61)40(5)30-36)39(4)32-43-24-26-47(50(33-43)67-12)69-29-19-27-58(9)10/h14-16,20-21,31,36,38-40,42-45,47-50,52-53,62H,17-19,22-30,32-35H2,1-13H3/b16-14+,20-15+,37-21+,41-31+/t36-,38-,39-,40-,42-,43+,44+,45+,47-,48+,49+,50-,52-,53+,57?/m1/s1. The van der Waals surface area contributed by atoms with E-state index in [-0.39, 0.29) is 72.6 Å². The lowest BCUT2D eigenvalue weighted by Crippen LogP contribution is -2.59. The summed E-state index contributed by atoms with van der Waals surface area (Å²) in [6.45, 7) is 16.7. The Bertz CT molecular complexity index is 1880. The van der Waals surface area contributed by atoms with Gasteiger partial charge in [-0.15, -0.1) is 0 Å². The second-order valence-electron chi connectivity index (χ2n) is 22.0. The van der Waals surface area contributed by atoms with Crippen LogP contribution >= 0.6 is 0 Å². The van der Waals surface area contributed by atoms with Crippen LogP contribution in [0.3, 0.4) is 0 Å². The molecule has 0 aromatic heterocycles. The molecule has 3 aliphatic heterocycles. The van der Waals surface area contributed by atoms with Gasteiger partial charge in [0.05, 0.1) is 24.4 Å². The minimum Gasteiger partial charge on any atom is -0.460 e. The van der Waals surface area contributed by atoms with Crippen molar-refractivity contribution in [1.29, 1.82) is 0 Å². The maximum atomic E-state index is 14.6. The summed E-state index contributed by atoms with van der Waals surface area (Å²) in [5.74, 6) is -3.93. The van der Waals surface area contributed by atoms with Crippen LogP contribution in [0.4, 0.5) is 0 Å².